The number of methoxy groups -OCH3 is 1. The van der Waals surface area contributed by atoms with E-state index in [4.69, 9.17) is 14.0 Å². The van der Waals surface area contributed by atoms with Gasteiger partial charge in [0, 0.05) is 57.3 Å². The van der Waals surface area contributed by atoms with Crippen molar-refractivity contribution in [2.24, 2.45) is 0 Å². The molecule has 0 aliphatic carbocycles. The molecule has 2 amide bonds. The van der Waals surface area contributed by atoms with Gasteiger partial charge >= 0.3 is 6.03 Å². The number of urea groups is 1. The number of rotatable bonds is 7. The van der Waals surface area contributed by atoms with E-state index < -0.39 is 54.5 Å². The van der Waals surface area contributed by atoms with Crippen molar-refractivity contribution in [1.29, 1.82) is 0 Å². The third kappa shape index (κ3) is 6.44. The molecule has 2 N–H and O–H groups in total. The highest BCUT2D eigenvalue weighted by Crippen LogP contribution is 2.35. The summed E-state index contributed by atoms with van der Waals surface area (Å²) < 4.78 is 60.0. The van der Waals surface area contributed by atoms with Gasteiger partial charge in [-0.15, -0.1) is 5.10 Å². The third-order valence-electron chi connectivity index (χ3n) is 9.11. The van der Waals surface area contributed by atoms with Crippen LogP contribution in [0.4, 0.5) is 18.0 Å². The minimum Gasteiger partial charge on any atom is -0.394 e. The van der Waals surface area contributed by atoms with Crippen molar-refractivity contribution in [3.8, 4) is 11.3 Å². The van der Waals surface area contributed by atoms with Crippen molar-refractivity contribution >= 4 is 6.03 Å². The zero-order chi connectivity index (χ0) is 31.7. The molecule has 5 heterocycles. The summed E-state index contributed by atoms with van der Waals surface area (Å²) in [6.07, 6.45) is 2.58. The van der Waals surface area contributed by atoms with E-state index in [1.54, 1.807) is 0 Å². The zero-order valence-corrected chi connectivity index (χ0v) is 24.9. The van der Waals surface area contributed by atoms with E-state index in [1.807, 2.05) is 15.9 Å². The molecule has 3 aliphatic rings. The summed E-state index contributed by atoms with van der Waals surface area (Å²) in [5.41, 5.74) is 0.593. The fraction of sp³-hybridized carbons (Fsp3) is 0.600. The van der Waals surface area contributed by atoms with Gasteiger partial charge in [0.25, 0.3) is 0 Å². The molecule has 2 aromatic heterocycles. The standard InChI is InChI=1S/C30H37F3N6O6/c1-43-29-24(14-19-13-23(45-35-19)17-5-9-38(10-6-17)30(42)37-7-3-2-4-8-37)44-25(16-40)28(41)27(29)39-15-22(34-36-39)18-11-20(31)26(33)21(32)12-18/h11-13,15,17,24-25,27-29,40-41H,2-10,14,16H2,1H3/t24-,25-,27+,28+,29+/m1/s1. The van der Waals surface area contributed by atoms with E-state index >= 15 is 0 Å². The van der Waals surface area contributed by atoms with Crippen molar-refractivity contribution in [3.63, 3.8) is 0 Å². The van der Waals surface area contributed by atoms with Gasteiger partial charge in [0.2, 0.25) is 0 Å². The van der Waals surface area contributed by atoms with Gasteiger partial charge < -0.3 is 34.0 Å². The molecule has 0 bridgehead atoms. The lowest BCUT2D eigenvalue weighted by Gasteiger charge is -2.43. The number of carbonyl (C=O) groups is 1. The number of aliphatic hydroxyl groups excluding tert-OH is 2. The summed E-state index contributed by atoms with van der Waals surface area (Å²) in [5.74, 6) is -3.51. The maximum atomic E-state index is 13.9. The topological polar surface area (TPSA) is 139 Å². The first-order chi connectivity index (χ1) is 21.8. The van der Waals surface area contributed by atoms with Crippen LogP contribution in [0.1, 0.15) is 55.5 Å². The monoisotopic (exact) mass is 634 g/mol. The van der Waals surface area contributed by atoms with E-state index in [2.05, 4.69) is 15.5 Å². The van der Waals surface area contributed by atoms with Crippen LogP contribution in [0, 0.1) is 17.5 Å². The Morgan fingerprint density at radius 2 is 1.71 bits per heavy atom. The first-order valence-corrected chi connectivity index (χ1v) is 15.3. The number of likely N-dealkylation sites (tertiary alicyclic amines) is 2. The van der Waals surface area contributed by atoms with Crippen LogP contribution < -0.4 is 0 Å². The second kappa shape index (κ2) is 13.4. The largest absolute Gasteiger partial charge is 0.394 e. The summed E-state index contributed by atoms with van der Waals surface area (Å²) in [4.78, 5) is 16.8. The highest BCUT2D eigenvalue weighted by atomic mass is 19.2. The highest BCUT2D eigenvalue weighted by molar-refractivity contribution is 5.74. The van der Waals surface area contributed by atoms with Crippen LogP contribution in [0.25, 0.3) is 11.3 Å². The van der Waals surface area contributed by atoms with Crippen molar-refractivity contribution in [3.05, 3.63) is 53.3 Å². The highest BCUT2D eigenvalue weighted by Gasteiger charge is 2.47. The molecule has 244 valence electrons. The minimum absolute atomic E-state index is 0.0414. The van der Waals surface area contributed by atoms with Gasteiger partial charge in [-0.2, -0.15) is 0 Å². The lowest BCUT2D eigenvalue weighted by atomic mass is 9.89. The molecule has 3 aliphatic heterocycles. The molecule has 45 heavy (non-hydrogen) atoms. The van der Waals surface area contributed by atoms with Crippen molar-refractivity contribution in [2.75, 3.05) is 39.9 Å². The molecule has 0 spiro atoms. The van der Waals surface area contributed by atoms with Crippen LogP contribution >= 0.6 is 0 Å². The number of piperidine rings is 2. The predicted octanol–water partition coefficient (Wildman–Crippen LogP) is 3.06. The van der Waals surface area contributed by atoms with E-state index in [0.717, 1.165) is 56.7 Å². The maximum absolute atomic E-state index is 13.9. The quantitative estimate of drug-likeness (QED) is 0.376. The second-order valence-electron chi connectivity index (χ2n) is 11.9. The fourth-order valence-corrected chi connectivity index (χ4v) is 6.65. The van der Waals surface area contributed by atoms with Crippen molar-refractivity contribution in [2.45, 2.75) is 74.9 Å². The number of benzene rings is 1. The van der Waals surface area contributed by atoms with Gasteiger partial charge in [-0.1, -0.05) is 10.4 Å². The van der Waals surface area contributed by atoms with Gasteiger partial charge in [0.1, 0.15) is 35.8 Å². The Kier molecular flexibility index (Phi) is 9.40. The number of nitrogens with zero attached hydrogens (tertiary/aromatic N) is 6. The maximum Gasteiger partial charge on any atom is 0.319 e. The third-order valence-corrected chi connectivity index (χ3v) is 9.11. The molecule has 6 rings (SSSR count). The number of hydrogen-bond acceptors (Lipinski definition) is 9. The molecular weight excluding hydrogens is 597 g/mol. The van der Waals surface area contributed by atoms with Crippen LogP contribution in [0.15, 0.2) is 28.9 Å². The van der Waals surface area contributed by atoms with Gasteiger partial charge in [-0.3, -0.25) is 0 Å². The SMILES string of the molecule is CO[C@@H]1[C@@H](n2cc(-c3cc(F)c(F)c(F)c3)nn2)[C@@H](O)[C@@H](CO)O[C@@H]1Cc1cc(C2CCN(C(=O)N3CCCCC3)CC2)on1. The van der Waals surface area contributed by atoms with Crippen LogP contribution in [0.2, 0.25) is 0 Å². The minimum atomic E-state index is -1.59. The van der Waals surface area contributed by atoms with E-state index in [-0.39, 0.29) is 29.6 Å². The molecule has 12 nitrogen and oxygen atoms in total. The number of carbonyl (C=O) groups excluding carboxylic acids is 1. The molecule has 3 saturated heterocycles. The molecule has 0 unspecified atom stereocenters. The Hall–Kier alpha value is -3.53. The average molecular weight is 635 g/mol. The number of halogens is 3. The molecule has 5 atom stereocenters. The summed E-state index contributed by atoms with van der Waals surface area (Å²) in [5, 5.41) is 33.4. The first-order valence-electron chi connectivity index (χ1n) is 15.3. The van der Waals surface area contributed by atoms with Crippen LogP contribution in [-0.2, 0) is 15.9 Å². The lowest BCUT2D eigenvalue weighted by molar-refractivity contribution is -0.212. The van der Waals surface area contributed by atoms with E-state index in [9.17, 15) is 28.2 Å². The summed E-state index contributed by atoms with van der Waals surface area (Å²) >= 11 is 0. The Balaban J connectivity index is 1.14. The molecular formula is C30H37F3N6O6. The van der Waals surface area contributed by atoms with Crippen molar-refractivity contribution in [1.82, 2.24) is 30.0 Å². The number of aliphatic hydroxyl groups is 2. The van der Waals surface area contributed by atoms with Crippen molar-refractivity contribution < 1.29 is 42.2 Å². The Morgan fingerprint density at radius 3 is 2.38 bits per heavy atom. The van der Waals surface area contributed by atoms with Crippen LogP contribution in [0.3, 0.4) is 0 Å². The number of aromatic nitrogens is 4. The number of hydrogen-bond donors (Lipinski definition) is 2. The van der Waals surface area contributed by atoms with Gasteiger partial charge in [-0.25, -0.2) is 22.6 Å². The Labute approximate surface area is 257 Å². The van der Waals surface area contributed by atoms with Gasteiger partial charge in [0.05, 0.1) is 24.6 Å². The normalized spacial score (nSPS) is 26.4. The van der Waals surface area contributed by atoms with E-state index in [0.29, 0.717) is 18.8 Å². The molecule has 3 aromatic rings. The zero-order valence-electron chi connectivity index (χ0n) is 24.9. The Morgan fingerprint density at radius 1 is 1.02 bits per heavy atom. The van der Waals surface area contributed by atoms with Crippen LogP contribution in [-0.4, -0.2) is 111 Å². The van der Waals surface area contributed by atoms with E-state index in [1.165, 1.54) is 24.4 Å². The Bertz CT molecular complexity index is 1450. The molecule has 0 radical (unpaired) electrons. The van der Waals surface area contributed by atoms with Gasteiger partial charge in [0.15, 0.2) is 17.5 Å². The second-order valence-corrected chi connectivity index (χ2v) is 11.9. The summed E-state index contributed by atoms with van der Waals surface area (Å²) in [6, 6.07) is 2.67. The van der Waals surface area contributed by atoms with Gasteiger partial charge in [-0.05, 0) is 44.2 Å². The smallest absolute Gasteiger partial charge is 0.319 e. The lowest BCUT2D eigenvalue weighted by Crippen LogP contribution is -2.57. The number of amides is 2. The first kappa shape index (κ1) is 31.5. The molecule has 1 aromatic carbocycles. The number of ether oxygens (including phenoxy) is 2. The molecule has 3 fully saturated rings. The summed E-state index contributed by atoms with van der Waals surface area (Å²) in [7, 11) is 1.44. The summed E-state index contributed by atoms with van der Waals surface area (Å²) in [6.45, 7) is 2.42. The fourth-order valence-electron chi connectivity index (χ4n) is 6.65. The van der Waals surface area contributed by atoms with Crippen LogP contribution in [0.5, 0.6) is 0 Å². The average Bonchev–Trinajstić information content (AvgIpc) is 3.74. The molecule has 15 heteroatoms. The predicted molar refractivity (Wildman–Crippen MR) is 151 cm³/mol. The molecule has 0 saturated carbocycles.